The van der Waals surface area contributed by atoms with Crippen molar-refractivity contribution in [3.05, 3.63) is 101 Å². The monoisotopic (exact) mass is 476 g/mol. The van der Waals surface area contributed by atoms with Gasteiger partial charge in [0.1, 0.15) is 0 Å². The number of amides is 1. The summed E-state index contributed by atoms with van der Waals surface area (Å²) in [5.74, 6) is 0.640. The molecule has 4 aromatic rings. The molecule has 0 fully saturated rings. The molecule has 0 bridgehead atoms. The van der Waals surface area contributed by atoms with Gasteiger partial charge in [-0.3, -0.25) is 9.36 Å². The average Bonchev–Trinajstić information content (AvgIpc) is 3.25. The van der Waals surface area contributed by atoms with Crippen LogP contribution in [0.5, 0.6) is 0 Å². The number of nitrogens with one attached hydrogen (secondary N) is 2. The minimum absolute atomic E-state index is 0.143. The maximum Gasteiger partial charge on any atom is 0.250 e. The lowest BCUT2D eigenvalue weighted by molar-refractivity contribution is -0.118. The second-order valence-electron chi connectivity index (χ2n) is 6.93. The Morgan fingerprint density at radius 3 is 2.52 bits per heavy atom. The zero-order chi connectivity index (χ0) is 22.9. The summed E-state index contributed by atoms with van der Waals surface area (Å²) in [5, 5.41) is 17.3. The Morgan fingerprint density at radius 2 is 1.76 bits per heavy atom. The van der Waals surface area contributed by atoms with Crippen molar-refractivity contribution in [3.63, 3.8) is 0 Å². The van der Waals surface area contributed by atoms with Gasteiger partial charge < -0.3 is 5.32 Å². The number of hydrazone groups is 1. The molecule has 0 aliphatic rings. The van der Waals surface area contributed by atoms with Crippen molar-refractivity contribution in [2.24, 2.45) is 5.10 Å². The van der Waals surface area contributed by atoms with E-state index in [0.29, 0.717) is 16.7 Å². The average molecular weight is 477 g/mol. The molecule has 0 atom stereocenters. The highest BCUT2D eigenvalue weighted by molar-refractivity contribution is 7.99. The highest BCUT2D eigenvalue weighted by atomic mass is 35.5. The number of hydrogen-bond donors (Lipinski definition) is 2. The van der Waals surface area contributed by atoms with Crippen molar-refractivity contribution in [1.82, 2.24) is 20.2 Å². The van der Waals surface area contributed by atoms with Crippen molar-refractivity contribution in [2.45, 2.75) is 11.7 Å². The van der Waals surface area contributed by atoms with Gasteiger partial charge in [0.25, 0.3) is 5.91 Å². The molecule has 1 amide bonds. The summed E-state index contributed by atoms with van der Waals surface area (Å²) >= 11 is 7.25. The first kappa shape index (κ1) is 22.6. The van der Waals surface area contributed by atoms with Crippen LogP contribution in [0.1, 0.15) is 11.4 Å². The minimum atomic E-state index is -0.246. The molecule has 9 heteroatoms. The molecule has 0 unspecified atom stereocenters. The van der Waals surface area contributed by atoms with E-state index in [1.165, 1.54) is 11.8 Å². The molecule has 166 valence electrons. The van der Waals surface area contributed by atoms with Crippen molar-refractivity contribution >= 4 is 41.2 Å². The van der Waals surface area contributed by atoms with Gasteiger partial charge in [-0.25, -0.2) is 5.43 Å². The number of hydrogen-bond acceptors (Lipinski definition) is 6. The maximum absolute atomic E-state index is 12.3. The van der Waals surface area contributed by atoms with Gasteiger partial charge in [-0.1, -0.05) is 71.9 Å². The Bertz CT molecular complexity index is 1230. The summed E-state index contributed by atoms with van der Waals surface area (Å²) < 4.78 is 1.95. The molecule has 1 aromatic heterocycles. The second-order valence-corrected chi connectivity index (χ2v) is 8.31. The molecule has 4 rings (SSSR count). The normalized spacial score (nSPS) is 10.9. The van der Waals surface area contributed by atoms with Crippen LogP contribution in [-0.4, -0.2) is 32.6 Å². The molecule has 7 nitrogen and oxygen atoms in total. The van der Waals surface area contributed by atoms with E-state index in [2.05, 4.69) is 26.0 Å². The highest BCUT2D eigenvalue weighted by Gasteiger charge is 2.15. The lowest BCUT2D eigenvalue weighted by atomic mass is 10.2. The van der Waals surface area contributed by atoms with Crippen LogP contribution < -0.4 is 10.7 Å². The van der Waals surface area contributed by atoms with Crippen molar-refractivity contribution < 1.29 is 4.79 Å². The van der Waals surface area contributed by atoms with E-state index in [0.717, 1.165) is 22.8 Å². The molecule has 0 aliphatic carbocycles. The zero-order valence-corrected chi connectivity index (χ0v) is 19.1. The molecule has 3 aromatic carbocycles. The predicted octanol–water partition coefficient (Wildman–Crippen LogP) is 4.78. The third-order valence-corrected chi connectivity index (χ3v) is 5.69. The van der Waals surface area contributed by atoms with Gasteiger partial charge in [-0.15, -0.1) is 10.2 Å². The van der Waals surface area contributed by atoms with Crippen molar-refractivity contribution in [3.8, 4) is 5.69 Å². The van der Waals surface area contributed by atoms with Crippen LogP contribution in [0.4, 0.5) is 5.69 Å². The summed E-state index contributed by atoms with van der Waals surface area (Å²) in [6, 6.07) is 26.9. The summed E-state index contributed by atoms with van der Waals surface area (Å²) in [6.07, 6.45) is 1.55. The number of halogens is 1. The number of aromatic nitrogens is 3. The molecule has 0 saturated carbocycles. The van der Waals surface area contributed by atoms with Crippen LogP contribution in [0.3, 0.4) is 0 Å². The van der Waals surface area contributed by atoms with Gasteiger partial charge in [-0.2, -0.15) is 5.10 Å². The highest BCUT2D eigenvalue weighted by Crippen LogP contribution is 2.22. The third kappa shape index (κ3) is 6.44. The lowest BCUT2D eigenvalue weighted by Crippen LogP contribution is -2.20. The van der Waals surface area contributed by atoms with Gasteiger partial charge in [-0.05, 0) is 42.0 Å². The van der Waals surface area contributed by atoms with E-state index in [9.17, 15) is 4.79 Å². The fraction of sp³-hybridized carbons (Fsp3) is 0.0833. The summed E-state index contributed by atoms with van der Waals surface area (Å²) in [4.78, 5) is 12.3. The Kier molecular flexibility index (Phi) is 7.73. The van der Waals surface area contributed by atoms with Crippen LogP contribution in [0, 0.1) is 0 Å². The molecule has 0 saturated heterocycles. The largest absolute Gasteiger partial charge is 0.378 e. The van der Waals surface area contributed by atoms with E-state index in [-0.39, 0.29) is 11.7 Å². The number of carbonyl (C=O) groups is 1. The molecular weight excluding hydrogens is 456 g/mol. The number of benzene rings is 3. The fourth-order valence-corrected chi connectivity index (χ4v) is 3.97. The van der Waals surface area contributed by atoms with Gasteiger partial charge in [0.15, 0.2) is 11.0 Å². The molecule has 2 N–H and O–H groups in total. The molecular formula is C24H21ClN6OS. The van der Waals surface area contributed by atoms with Crippen molar-refractivity contribution in [1.29, 1.82) is 0 Å². The van der Waals surface area contributed by atoms with Crippen LogP contribution in [0.25, 0.3) is 5.69 Å². The predicted molar refractivity (Wildman–Crippen MR) is 133 cm³/mol. The van der Waals surface area contributed by atoms with Crippen LogP contribution in [0.2, 0.25) is 5.02 Å². The standard InChI is InChI=1S/C24H21ClN6OS/c25-19-9-7-8-18(14-19)15-27-29-23(32)17-33-24-30-28-22(16-26-20-10-3-1-4-11-20)31(24)21-12-5-2-6-13-21/h1-15,26H,16-17H2,(H,29,32)/b27-15-. The molecule has 1 heterocycles. The summed E-state index contributed by atoms with van der Waals surface area (Å²) in [7, 11) is 0. The van der Waals surface area contributed by atoms with Gasteiger partial charge in [0.2, 0.25) is 0 Å². The number of rotatable bonds is 9. The first-order chi connectivity index (χ1) is 16.2. The minimum Gasteiger partial charge on any atom is -0.378 e. The van der Waals surface area contributed by atoms with E-state index in [1.54, 1.807) is 18.3 Å². The number of thioether (sulfide) groups is 1. The molecule has 0 spiro atoms. The first-order valence-corrected chi connectivity index (χ1v) is 11.5. The lowest BCUT2D eigenvalue weighted by Gasteiger charge is -2.11. The van der Waals surface area contributed by atoms with Crippen LogP contribution >= 0.6 is 23.4 Å². The van der Waals surface area contributed by atoms with Gasteiger partial charge in [0.05, 0.1) is 18.5 Å². The Balaban J connectivity index is 1.42. The fourth-order valence-electron chi connectivity index (χ4n) is 3.01. The maximum atomic E-state index is 12.3. The van der Waals surface area contributed by atoms with E-state index in [1.807, 2.05) is 77.4 Å². The Morgan fingerprint density at radius 1 is 1.00 bits per heavy atom. The van der Waals surface area contributed by atoms with Crippen LogP contribution in [-0.2, 0) is 11.3 Å². The Hall–Kier alpha value is -3.62. The number of carbonyl (C=O) groups excluding carboxylic acids is 1. The van der Waals surface area contributed by atoms with E-state index in [4.69, 9.17) is 11.6 Å². The smallest absolute Gasteiger partial charge is 0.250 e. The molecule has 0 aliphatic heterocycles. The zero-order valence-electron chi connectivity index (χ0n) is 17.6. The quantitative estimate of drug-likeness (QED) is 0.206. The third-order valence-electron chi connectivity index (χ3n) is 4.52. The number of anilines is 1. The first-order valence-electron chi connectivity index (χ1n) is 10.2. The van der Waals surface area contributed by atoms with Gasteiger partial charge in [0, 0.05) is 16.4 Å². The second kappa shape index (κ2) is 11.3. The summed E-state index contributed by atoms with van der Waals surface area (Å²) in [5.41, 5.74) is 5.25. The van der Waals surface area contributed by atoms with Crippen LogP contribution in [0.15, 0.2) is 95.2 Å². The van der Waals surface area contributed by atoms with E-state index >= 15 is 0 Å². The summed E-state index contributed by atoms with van der Waals surface area (Å²) in [6.45, 7) is 0.489. The topological polar surface area (TPSA) is 84.2 Å². The Labute approximate surface area is 200 Å². The van der Waals surface area contributed by atoms with E-state index < -0.39 is 0 Å². The molecule has 33 heavy (non-hydrogen) atoms. The number of nitrogens with zero attached hydrogens (tertiary/aromatic N) is 4. The van der Waals surface area contributed by atoms with Gasteiger partial charge >= 0.3 is 0 Å². The number of para-hydroxylation sites is 2. The molecule has 0 radical (unpaired) electrons. The van der Waals surface area contributed by atoms with Crippen molar-refractivity contribution in [2.75, 3.05) is 11.1 Å². The SMILES string of the molecule is O=C(CSc1nnc(CNc2ccccc2)n1-c1ccccc1)N/N=C\c1cccc(Cl)c1.